The average Bonchev–Trinajstić information content (AvgIpc) is 3.39. The van der Waals surface area contributed by atoms with Gasteiger partial charge in [0.25, 0.3) is 0 Å². The Balaban J connectivity index is 1.28. The summed E-state index contributed by atoms with van der Waals surface area (Å²) < 4.78 is 15.6. The normalized spacial score (nSPS) is 17.8. The van der Waals surface area contributed by atoms with Crippen molar-refractivity contribution < 1.29 is 14.0 Å². The first-order chi connectivity index (χ1) is 16.4. The maximum atomic E-state index is 13.5. The number of hydrogen-bond donors (Lipinski definition) is 0. The molecule has 8 heteroatoms. The predicted octanol–water partition coefficient (Wildman–Crippen LogP) is 4.89. The van der Waals surface area contributed by atoms with Gasteiger partial charge in [-0.15, -0.1) is 0 Å². The Morgan fingerprint density at radius 1 is 1.03 bits per heavy atom. The largest absolute Gasteiger partial charge is 0.326 e. The number of halogens is 2. The highest BCUT2D eigenvalue weighted by Crippen LogP contribution is 2.37. The van der Waals surface area contributed by atoms with Crippen LogP contribution < -0.4 is 0 Å². The Morgan fingerprint density at radius 3 is 2.44 bits per heavy atom. The van der Waals surface area contributed by atoms with Crippen molar-refractivity contribution in [1.82, 2.24) is 19.3 Å². The van der Waals surface area contributed by atoms with Gasteiger partial charge >= 0.3 is 6.03 Å². The van der Waals surface area contributed by atoms with Gasteiger partial charge in [-0.3, -0.25) is 9.69 Å². The Bertz CT molecular complexity index is 1220. The van der Waals surface area contributed by atoms with Crippen LogP contribution in [0.1, 0.15) is 31.2 Å². The van der Waals surface area contributed by atoms with Crippen LogP contribution in [0.2, 0.25) is 5.02 Å². The minimum Gasteiger partial charge on any atom is -0.321 e. The van der Waals surface area contributed by atoms with Crippen LogP contribution in [0.3, 0.4) is 0 Å². The van der Waals surface area contributed by atoms with E-state index in [0.717, 1.165) is 49.1 Å². The van der Waals surface area contributed by atoms with Gasteiger partial charge in [0.1, 0.15) is 5.82 Å². The number of likely N-dealkylation sites (tertiary alicyclic amines) is 1. The van der Waals surface area contributed by atoms with Crippen LogP contribution in [-0.2, 0) is 4.79 Å². The molecule has 0 radical (unpaired) electrons. The SMILES string of the molecule is CC(=O)N1CCN(CCN2CCC(c3cn(-c4ccc(F)cc4)c4ccc(Cl)cc34)CC2)C1=O. The van der Waals surface area contributed by atoms with Crippen molar-refractivity contribution in [3.8, 4) is 5.69 Å². The molecule has 6 nitrogen and oxygen atoms in total. The molecule has 1 aromatic heterocycles. The Kier molecular flexibility index (Phi) is 6.32. The first-order valence-corrected chi connectivity index (χ1v) is 12.1. The molecule has 2 saturated heterocycles. The lowest BCUT2D eigenvalue weighted by atomic mass is 9.89. The summed E-state index contributed by atoms with van der Waals surface area (Å²) in [6.07, 6.45) is 4.21. The van der Waals surface area contributed by atoms with Gasteiger partial charge < -0.3 is 14.4 Å². The molecule has 3 amide bonds. The van der Waals surface area contributed by atoms with E-state index in [2.05, 4.69) is 15.7 Å². The van der Waals surface area contributed by atoms with E-state index in [0.29, 0.717) is 30.6 Å². The Labute approximate surface area is 203 Å². The van der Waals surface area contributed by atoms with Crippen molar-refractivity contribution >= 4 is 34.4 Å². The number of rotatable bonds is 5. The van der Waals surface area contributed by atoms with Crippen LogP contribution in [0, 0.1) is 5.82 Å². The summed E-state index contributed by atoms with van der Waals surface area (Å²) in [4.78, 5) is 29.3. The van der Waals surface area contributed by atoms with Crippen molar-refractivity contribution in [2.24, 2.45) is 0 Å². The number of urea groups is 1. The van der Waals surface area contributed by atoms with Crippen LogP contribution in [0.15, 0.2) is 48.7 Å². The minimum atomic E-state index is -0.250. The van der Waals surface area contributed by atoms with Crippen LogP contribution in [0.4, 0.5) is 9.18 Å². The molecule has 0 atom stereocenters. The monoisotopic (exact) mass is 482 g/mol. The Hall–Kier alpha value is -2.90. The standard InChI is InChI=1S/C26H28ClFN4O2/c1-18(33)31-15-14-30(26(31)34)13-12-29-10-8-19(9-11-29)24-17-32(22-5-3-21(28)4-6-22)25-7-2-20(27)16-23(24)25/h2-7,16-17,19H,8-15H2,1H3. The summed E-state index contributed by atoms with van der Waals surface area (Å²) in [5.74, 6) is -0.0331. The van der Waals surface area contributed by atoms with Gasteiger partial charge in [-0.2, -0.15) is 0 Å². The number of benzene rings is 2. The molecule has 2 fully saturated rings. The third-order valence-electron chi connectivity index (χ3n) is 7.09. The van der Waals surface area contributed by atoms with Crippen LogP contribution >= 0.6 is 11.6 Å². The van der Waals surface area contributed by atoms with Gasteiger partial charge in [0.2, 0.25) is 5.91 Å². The van der Waals surface area contributed by atoms with Crippen molar-refractivity contribution in [1.29, 1.82) is 0 Å². The van der Waals surface area contributed by atoms with Gasteiger partial charge in [-0.25, -0.2) is 9.18 Å². The summed E-state index contributed by atoms with van der Waals surface area (Å²) in [5, 5.41) is 1.85. The average molecular weight is 483 g/mol. The molecule has 0 unspecified atom stereocenters. The summed E-state index contributed by atoms with van der Waals surface area (Å²) in [6, 6.07) is 12.3. The van der Waals surface area contributed by atoms with E-state index in [1.54, 1.807) is 17.0 Å². The van der Waals surface area contributed by atoms with Gasteiger partial charge in [-0.1, -0.05) is 11.6 Å². The highest BCUT2D eigenvalue weighted by Gasteiger charge is 2.31. The highest BCUT2D eigenvalue weighted by atomic mass is 35.5. The second-order valence-corrected chi connectivity index (χ2v) is 9.58. The van der Waals surface area contributed by atoms with Crippen molar-refractivity contribution in [2.75, 3.05) is 39.3 Å². The second kappa shape index (κ2) is 9.39. The van der Waals surface area contributed by atoms with Gasteiger partial charge in [0.05, 0.1) is 5.52 Å². The van der Waals surface area contributed by atoms with Crippen molar-refractivity contribution in [3.63, 3.8) is 0 Å². The lowest BCUT2D eigenvalue weighted by Crippen LogP contribution is -2.41. The molecule has 5 rings (SSSR count). The maximum Gasteiger partial charge on any atom is 0.326 e. The number of imide groups is 1. The zero-order chi connectivity index (χ0) is 23.8. The summed E-state index contributed by atoms with van der Waals surface area (Å²) >= 11 is 6.35. The van der Waals surface area contributed by atoms with E-state index < -0.39 is 0 Å². The van der Waals surface area contributed by atoms with Gasteiger partial charge in [-0.05, 0) is 79.9 Å². The zero-order valence-electron chi connectivity index (χ0n) is 19.2. The molecule has 0 N–H and O–H groups in total. The molecular formula is C26H28ClFN4O2. The zero-order valence-corrected chi connectivity index (χ0v) is 20.0. The second-order valence-electron chi connectivity index (χ2n) is 9.15. The lowest BCUT2D eigenvalue weighted by molar-refractivity contribution is -0.125. The smallest absolute Gasteiger partial charge is 0.321 e. The molecule has 0 aliphatic carbocycles. The minimum absolute atomic E-state index is 0.173. The Morgan fingerprint density at radius 2 is 1.76 bits per heavy atom. The van der Waals surface area contributed by atoms with E-state index in [4.69, 9.17) is 11.6 Å². The molecule has 34 heavy (non-hydrogen) atoms. The predicted molar refractivity (Wildman–Crippen MR) is 131 cm³/mol. The van der Waals surface area contributed by atoms with Gasteiger partial charge in [0.15, 0.2) is 0 Å². The highest BCUT2D eigenvalue weighted by molar-refractivity contribution is 6.31. The number of carbonyl (C=O) groups excluding carboxylic acids is 2. The van der Waals surface area contributed by atoms with E-state index in [1.165, 1.54) is 29.5 Å². The van der Waals surface area contributed by atoms with E-state index in [1.807, 2.05) is 18.2 Å². The van der Waals surface area contributed by atoms with Crippen molar-refractivity contribution in [3.05, 3.63) is 65.1 Å². The third kappa shape index (κ3) is 4.42. The van der Waals surface area contributed by atoms with Crippen LogP contribution in [-0.4, -0.2) is 70.5 Å². The number of carbonyl (C=O) groups is 2. The molecular weight excluding hydrogens is 455 g/mol. The fourth-order valence-electron chi connectivity index (χ4n) is 5.18. The van der Waals surface area contributed by atoms with Crippen LogP contribution in [0.25, 0.3) is 16.6 Å². The molecule has 178 valence electrons. The molecule has 0 bridgehead atoms. The molecule has 0 spiro atoms. The van der Waals surface area contributed by atoms with E-state index in [9.17, 15) is 14.0 Å². The summed E-state index contributed by atoms with van der Waals surface area (Å²) in [5.41, 5.74) is 3.26. The lowest BCUT2D eigenvalue weighted by Gasteiger charge is -2.33. The molecule has 0 saturated carbocycles. The quantitative estimate of drug-likeness (QED) is 0.520. The molecule has 2 aromatic carbocycles. The van der Waals surface area contributed by atoms with E-state index in [-0.39, 0.29) is 17.8 Å². The molecule has 2 aliphatic rings. The fourth-order valence-corrected chi connectivity index (χ4v) is 5.35. The topological polar surface area (TPSA) is 48.8 Å². The number of aromatic nitrogens is 1. The molecule has 3 heterocycles. The maximum absolute atomic E-state index is 13.5. The summed E-state index contributed by atoms with van der Waals surface area (Å²) in [6.45, 7) is 5.89. The first kappa shape index (κ1) is 22.9. The fraction of sp³-hybridized carbons (Fsp3) is 0.385. The number of amides is 3. The van der Waals surface area contributed by atoms with Crippen molar-refractivity contribution in [2.45, 2.75) is 25.7 Å². The summed E-state index contributed by atoms with van der Waals surface area (Å²) in [7, 11) is 0. The third-order valence-corrected chi connectivity index (χ3v) is 7.33. The van der Waals surface area contributed by atoms with E-state index >= 15 is 0 Å². The number of hydrogen-bond acceptors (Lipinski definition) is 3. The number of fused-ring (bicyclic) bond motifs is 1. The molecule has 3 aromatic rings. The first-order valence-electron chi connectivity index (χ1n) is 11.8. The number of nitrogens with zero attached hydrogens (tertiary/aromatic N) is 4. The molecule has 2 aliphatic heterocycles. The number of piperidine rings is 1. The van der Waals surface area contributed by atoms with Crippen LogP contribution in [0.5, 0.6) is 0 Å². The van der Waals surface area contributed by atoms with Gasteiger partial charge in [0, 0.05) is 55.4 Å².